The number of carbonyl (C=O) groups excluding carboxylic acids is 2. The van der Waals surface area contributed by atoms with Gasteiger partial charge in [-0.2, -0.15) is 10.2 Å². The SMILES string of the molecule is CCOc1ccccc1/C=N/NC(=O)CC1C(=O)NN=C1C. The zero-order chi connectivity index (χ0) is 15.9. The summed E-state index contributed by atoms with van der Waals surface area (Å²) in [4.78, 5) is 23.3. The first-order chi connectivity index (χ1) is 10.6. The fourth-order valence-electron chi connectivity index (χ4n) is 2.01. The van der Waals surface area contributed by atoms with Crippen LogP contribution in [0, 0.1) is 5.92 Å². The van der Waals surface area contributed by atoms with E-state index in [1.165, 1.54) is 6.21 Å². The van der Waals surface area contributed by atoms with Crippen LogP contribution in [0.25, 0.3) is 0 Å². The van der Waals surface area contributed by atoms with E-state index in [1.807, 2.05) is 31.2 Å². The Morgan fingerprint density at radius 3 is 2.95 bits per heavy atom. The summed E-state index contributed by atoms with van der Waals surface area (Å²) in [6.07, 6.45) is 1.53. The van der Waals surface area contributed by atoms with Crippen LogP contribution >= 0.6 is 0 Å². The van der Waals surface area contributed by atoms with Crippen LogP contribution in [-0.2, 0) is 9.59 Å². The Kier molecular flexibility index (Phi) is 5.24. The maximum atomic E-state index is 11.8. The van der Waals surface area contributed by atoms with Gasteiger partial charge < -0.3 is 4.74 Å². The van der Waals surface area contributed by atoms with Gasteiger partial charge in [0.05, 0.1) is 18.7 Å². The lowest BCUT2D eigenvalue weighted by molar-refractivity contribution is -0.127. The smallest absolute Gasteiger partial charge is 0.249 e. The Morgan fingerprint density at radius 2 is 2.27 bits per heavy atom. The molecule has 7 heteroatoms. The van der Waals surface area contributed by atoms with Crippen LogP contribution in [0.2, 0.25) is 0 Å². The molecule has 0 aliphatic carbocycles. The Balaban J connectivity index is 1.91. The summed E-state index contributed by atoms with van der Waals surface area (Å²) in [6.45, 7) is 4.15. The van der Waals surface area contributed by atoms with E-state index in [2.05, 4.69) is 21.1 Å². The van der Waals surface area contributed by atoms with Crippen LogP contribution in [-0.4, -0.2) is 30.3 Å². The molecule has 0 aromatic heterocycles. The number of benzene rings is 1. The van der Waals surface area contributed by atoms with Crippen LogP contribution in [0.3, 0.4) is 0 Å². The molecular weight excluding hydrogens is 284 g/mol. The van der Waals surface area contributed by atoms with Gasteiger partial charge >= 0.3 is 0 Å². The number of hydrazone groups is 2. The summed E-state index contributed by atoms with van der Waals surface area (Å²) in [5.41, 5.74) is 6.12. The molecule has 1 aliphatic heterocycles. The fourth-order valence-corrected chi connectivity index (χ4v) is 2.01. The number of nitrogens with zero attached hydrogens (tertiary/aromatic N) is 2. The minimum absolute atomic E-state index is 0.0195. The van der Waals surface area contributed by atoms with E-state index in [0.29, 0.717) is 18.1 Å². The molecule has 2 amide bonds. The van der Waals surface area contributed by atoms with Gasteiger partial charge in [-0.1, -0.05) is 12.1 Å². The average molecular weight is 302 g/mol. The maximum absolute atomic E-state index is 11.8. The van der Waals surface area contributed by atoms with Crippen molar-refractivity contribution < 1.29 is 14.3 Å². The van der Waals surface area contributed by atoms with Crippen molar-refractivity contribution >= 4 is 23.7 Å². The van der Waals surface area contributed by atoms with Crippen molar-refractivity contribution in [1.82, 2.24) is 10.9 Å². The zero-order valence-corrected chi connectivity index (χ0v) is 12.5. The molecule has 1 unspecified atom stereocenters. The van der Waals surface area contributed by atoms with Crippen molar-refractivity contribution in [3.8, 4) is 5.75 Å². The van der Waals surface area contributed by atoms with Crippen molar-refractivity contribution in [3.05, 3.63) is 29.8 Å². The Morgan fingerprint density at radius 1 is 1.50 bits per heavy atom. The highest BCUT2D eigenvalue weighted by Gasteiger charge is 2.28. The van der Waals surface area contributed by atoms with Crippen LogP contribution in [0.4, 0.5) is 0 Å². The molecular formula is C15H18N4O3. The number of para-hydroxylation sites is 1. The first kappa shape index (κ1) is 15.7. The number of hydrogen-bond acceptors (Lipinski definition) is 5. The molecule has 0 radical (unpaired) electrons. The molecule has 0 saturated heterocycles. The van der Waals surface area contributed by atoms with Crippen LogP contribution < -0.4 is 15.6 Å². The lowest BCUT2D eigenvalue weighted by Crippen LogP contribution is -2.29. The van der Waals surface area contributed by atoms with Crippen molar-refractivity contribution in [3.63, 3.8) is 0 Å². The molecule has 0 fully saturated rings. The molecule has 0 spiro atoms. The summed E-state index contributed by atoms with van der Waals surface area (Å²) >= 11 is 0. The normalized spacial score (nSPS) is 17.3. The van der Waals surface area contributed by atoms with E-state index in [4.69, 9.17) is 4.74 Å². The molecule has 2 N–H and O–H groups in total. The van der Waals surface area contributed by atoms with E-state index < -0.39 is 5.92 Å². The molecule has 1 aromatic rings. The number of carbonyl (C=O) groups is 2. The minimum atomic E-state index is -0.522. The topological polar surface area (TPSA) is 92.1 Å². The third-order valence-electron chi connectivity index (χ3n) is 3.16. The van der Waals surface area contributed by atoms with Gasteiger partial charge in [0.25, 0.3) is 0 Å². The van der Waals surface area contributed by atoms with Crippen molar-refractivity contribution in [2.24, 2.45) is 16.1 Å². The number of ether oxygens (including phenoxy) is 1. The molecule has 0 bridgehead atoms. The predicted molar refractivity (Wildman–Crippen MR) is 82.7 cm³/mol. The first-order valence-electron chi connectivity index (χ1n) is 6.99. The largest absolute Gasteiger partial charge is 0.493 e. The third kappa shape index (κ3) is 3.91. The van der Waals surface area contributed by atoms with Crippen molar-refractivity contribution in [2.45, 2.75) is 20.3 Å². The van der Waals surface area contributed by atoms with Crippen molar-refractivity contribution in [1.29, 1.82) is 0 Å². The third-order valence-corrected chi connectivity index (χ3v) is 3.16. The second-order valence-electron chi connectivity index (χ2n) is 4.75. The molecule has 1 heterocycles. The number of amides is 2. The highest BCUT2D eigenvalue weighted by Crippen LogP contribution is 2.15. The summed E-state index contributed by atoms with van der Waals surface area (Å²) in [7, 11) is 0. The van der Waals surface area contributed by atoms with Gasteiger partial charge in [0, 0.05) is 17.7 Å². The maximum Gasteiger partial charge on any atom is 0.249 e. The number of hydrogen-bond donors (Lipinski definition) is 2. The van der Waals surface area contributed by atoms with E-state index >= 15 is 0 Å². The predicted octanol–water partition coefficient (Wildman–Crippen LogP) is 1.05. The summed E-state index contributed by atoms with van der Waals surface area (Å²) < 4.78 is 5.46. The molecule has 1 aromatic carbocycles. The molecule has 7 nitrogen and oxygen atoms in total. The van der Waals surface area contributed by atoms with Gasteiger partial charge in [-0.3, -0.25) is 9.59 Å². The molecule has 1 aliphatic rings. The van der Waals surface area contributed by atoms with Gasteiger partial charge in [0.2, 0.25) is 11.8 Å². The minimum Gasteiger partial charge on any atom is -0.493 e. The molecule has 1 atom stereocenters. The van der Waals surface area contributed by atoms with Crippen LogP contribution in [0.1, 0.15) is 25.8 Å². The van der Waals surface area contributed by atoms with E-state index in [-0.39, 0.29) is 18.2 Å². The number of rotatable bonds is 6. The highest BCUT2D eigenvalue weighted by molar-refractivity contribution is 6.09. The standard InChI is InChI=1S/C15H18N4O3/c1-3-22-13-7-5-4-6-11(13)9-16-18-14(20)8-12-10(2)17-19-15(12)21/h4-7,9,12H,3,8H2,1-2H3,(H,18,20)(H,19,21)/b16-9+. The quantitative estimate of drug-likeness (QED) is 0.607. The van der Waals surface area contributed by atoms with Gasteiger partial charge in [-0.25, -0.2) is 10.9 Å². The molecule has 22 heavy (non-hydrogen) atoms. The van der Waals surface area contributed by atoms with Crippen molar-refractivity contribution in [2.75, 3.05) is 6.61 Å². The zero-order valence-electron chi connectivity index (χ0n) is 12.5. The van der Waals surface area contributed by atoms with Crippen LogP contribution in [0.15, 0.2) is 34.5 Å². The van der Waals surface area contributed by atoms with E-state index in [9.17, 15) is 9.59 Å². The highest BCUT2D eigenvalue weighted by atomic mass is 16.5. The molecule has 0 saturated carbocycles. The Bertz CT molecular complexity index is 625. The van der Waals surface area contributed by atoms with Gasteiger partial charge in [0.15, 0.2) is 0 Å². The fraction of sp³-hybridized carbons (Fsp3) is 0.333. The lowest BCUT2D eigenvalue weighted by Gasteiger charge is -2.07. The monoisotopic (exact) mass is 302 g/mol. The summed E-state index contributed by atoms with van der Waals surface area (Å²) in [6, 6.07) is 7.38. The first-order valence-corrected chi connectivity index (χ1v) is 6.99. The summed E-state index contributed by atoms with van der Waals surface area (Å²) in [5.74, 6) is -0.438. The van der Waals surface area contributed by atoms with E-state index in [1.54, 1.807) is 6.92 Å². The average Bonchev–Trinajstić information content (AvgIpc) is 2.81. The Labute approximate surface area is 128 Å². The second kappa shape index (κ2) is 7.35. The van der Waals surface area contributed by atoms with Gasteiger partial charge in [-0.05, 0) is 26.0 Å². The summed E-state index contributed by atoms with van der Waals surface area (Å²) in [5, 5.41) is 7.69. The lowest BCUT2D eigenvalue weighted by atomic mass is 10.0. The van der Waals surface area contributed by atoms with Crippen LogP contribution in [0.5, 0.6) is 5.75 Å². The van der Waals surface area contributed by atoms with Gasteiger partial charge in [0.1, 0.15) is 5.75 Å². The van der Waals surface area contributed by atoms with E-state index in [0.717, 1.165) is 5.56 Å². The second-order valence-corrected chi connectivity index (χ2v) is 4.75. The van der Waals surface area contributed by atoms with Gasteiger partial charge in [-0.15, -0.1) is 0 Å². The molecule has 116 valence electrons. The number of nitrogens with one attached hydrogen (secondary N) is 2. The Hall–Kier alpha value is -2.70. The molecule has 2 rings (SSSR count).